The minimum atomic E-state index is -0.433. The first kappa shape index (κ1) is 15.0. The molecular weight excluding hydrogens is 306 g/mol. The van der Waals surface area contributed by atoms with Crippen molar-refractivity contribution in [3.05, 3.63) is 47.8 Å². The molecule has 1 N–H and O–H groups in total. The third-order valence-electron chi connectivity index (χ3n) is 4.94. The van der Waals surface area contributed by atoms with Gasteiger partial charge in [-0.3, -0.25) is 9.78 Å². The number of fused-ring (bicyclic) bond motifs is 2. The van der Waals surface area contributed by atoms with Gasteiger partial charge in [0.2, 0.25) is 5.91 Å². The number of nitrogens with zero attached hydrogens (tertiary/aromatic N) is 2. The Kier molecular flexibility index (Phi) is 3.42. The van der Waals surface area contributed by atoms with E-state index in [9.17, 15) is 4.79 Å². The highest BCUT2D eigenvalue weighted by Crippen LogP contribution is 2.44. The Morgan fingerprint density at radius 2 is 2.08 bits per heavy atom. The van der Waals surface area contributed by atoms with Crippen LogP contribution in [0, 0.1) is 0 Å². The molecule has 4 rings (SSSR count). The summed E-state index contributed by atoms with van der Waals surface area (Å²) in [5.74, 6) is 1.56. The average molecular weight is 325 g/mol. The summed E-state index contributed by atoms with van der Waals surface area (Å²) < 4.78 is 10.7. The summed E-state index contributed by atoms with van der Waals surface area (Å²) in [4.78, 5) is 19.1. The molecule has 3 heterocycles. The average Bonchev–Trinajstić information content (AvgIpc) is 2.84. The number of benzene rings is 1. The van der Waals surface area contributed by atoms with Gasteiger partial charge in [0.15, 0.2) is 0 Å². The molecule has 6 nitrogen and oxygen atoms in total. The Balaban J connectivity index is 1.72. The summed E-state index contributed by atoms with van der Waals surface area (Å²) in [6.45, 7) is 1.81. The highest BCUT2D eigenvalue weighted by molar-refractivity contribution is 6.09. The molecule has 0 bridgehead atoms. The fraction of sp³-hybridized carbons (Fsp3) is 0.333. The number of ether oxygens (including phenoxy) is 2. The smallest absolute Gasteiger partial charge is 0.240 e. The lowest BCUT2D eigenvalue weighted by molar-refractivity contribution is -0.125. The number of nitrogens with one attached hydrogen (secondary N) is 1. The summed E-state index contributed by atoms with van der Waals surface area (Å²) in [5, 5.41) is 3.23. The Hall–Kier alpha value is -2.60. The van der Waals surface area contributed by atoms with Crippen LogP contribution in [-0.4, -0.2) is 38.2 Å². The predicted octanol–water partition coefficient (Wildman–Crippen LogP) is 1.49. The van der Waals surface area contributed by atoms with E-state index in [0.717, 1.165) is 22.6 Å². The largest absolute Gasteiger partial charge is 0.497 e. The number of hydrogen-bond donors (Lipinski definition) is 1. The molecule has 124 valence electrons. The van der Waals surface area contributed by atoms with E-state index in [4.69, 9.17) is 9.47 Å². The minimum absolute atomic E-state index is 0.127. The van der Waals surface area contributed by atoms with E-state index in [1.165, 1.54) is 0 Å². The number of amides is 1. The van der Waals surface area contributed by atoms with Gasteiger partial charge in [0.1, 0.15) is 16.9 Å². The van der Waals surface area contributed by atoms with E-state index in [1.54, 1.807) is 26.6 Å². The van der Waals surface area contributed by atoms with Crippen molar-refractivity contribution in [1.29, 1.82) is 0 Å². The topological polar surface area (TPSA) is 63.7 Å². The second kappa shape index (κ2) is 5.49. The van der Waals surface area contributed by atoms with Crippen molar-refractivity contribution >= 4 is 11.6 Å². The fourth-order valence-electron chi connectivity index (χ4n) is 3.52. The molecule has 24 heavy (non-hydrogen) atoms. The highest BCUT2D eigenvalue weighted by Gasteiger charge is 2.54. The fourth-order valence-corrected chi connectivity index (χ4v) is 3.52. The van der Waals surface area contributed by atoms with Crippen LogP contribution in [0.5, 0.6) is 11.5 Å². The van der Waals surface area contributed by atoms with Gasteiger partial charge in [-0.05, 0) is 23.8 Å². The number of hydrogen-bond acceptors (Lipinski definition) is 5. The van der Waals surface area contributed by atoms with Crippen LogP contribution in [0.15, 0.2) is 36.7 Å². The molecule has 1 fully saturated rings. The van der Waals surface area contributed by atoms with Gasteiger partial charge in [0.05, 0.1) is 32.6 Å². The number of rotatable bonds is 4. The first-order valence-electron chi connectivity index (χ1n) is 7.88. The van der Waals surface area contributed by atoms with Crippen molar-refractivity contribution in [3.8, 4) is 11.5 Å². The molecule has 1 spiro atoms. The molecular formula is C18H19N3O3. The summed E-state index contributed by atoms with van der Waals surface area (Å²) in [6, 6.07) is 7.61. The molecule has 1 saturated heterocycles. The number of anilines is 1. The van der Waals surface area contributed by atoms with E-state index < -0.39 is 5.41 Å². The van der Waals surface area contributed by atoms with Gasteiger partial charge >= 0.3 is 0 Å². The molecule has 0 unspecified atom stereocenters. The molecule has 1 aromatic carbocycles. The number of pyridine rings is 1. The van der Waals surface area contributed by atoms with Crippen molar-refractivity contribution in [1.82, 2.24) is 10.3 Å². The summed E-state index contributed by atoms with van der Waals surface area (Å²) >= 11 is 0. The maximum atomic E-state index is 13.1. The maximum Gasteiger partial charge on any atom is 0.240 e. The second-order valence-corrected chi connectivity index (χ2v) is 6.15. The Bertz CT molecular complexity index is 802. The zero-order valence-electron chi connectivity index (χ0n) is 13.7. The van der Waals surface area contributed by atoms with Gasteiger partial charge in [0.25, 0.3) is 0 Å². The van der Waals surface area contributed by atoms with Crippen LogP contribution in [0.1, 0.15) is 11.1 Å². The van der Waals surface area contributed by atoms with E-state index in [1.807, 2.05) is 29.2 Å². The lowest BCUT2D eigenvalue weighted by atomic mass is 9.77. The minimum Gasteiger partial charge on any atom is -0.497 e. The van der Waals surface area contributed by atoms with E-state index >= 15 is 0 Å². The Labute approximate surface area is 140 Å². The standard InChI is InChI=1S/C18H19N3O3/c1-23-13-4-3-12(16(7-13)24-2)9-21-15-8-19-6-5-14(15)18(17(21)22)10-20-11-18/h3-8,20H,9-11H2,1-2H3. The maximum absolute atomic E-state index is 13.1. The molecule has 2 aromatic rings. The predicted molar refractivity (Wildman–Crippen MR) is 89.5 cm³/mol. The number of carbonyl (C=O) groups is 1. The number of carbonyl (C=O) groups excluding carboxylic acids is 1. The van der Waals surface area contributed by atoms with Crippen molar-refractivity contribution in [2.75, 3.05) is 32.2 Å². The summed E-state index contributed by atoms with van der Waals surface area (Å²) in [5.41, 5.74) is 2.46. The molecule has 2 aliphatic heterocycles. The van der Waals surface area contributed by atoms with E-state index in [2.05, 4.69) is 10.3 Å². The van der Waals surface area contributed by atoms with Gasteiger partial charge in [-0.25, -0.2) is 0 Å². The zero-order valence-corrected chi connectivity index (χ0v) is 13.7. The first-order chi connectivity index (χ1) is 11.7. The lowest BCUT2D eigenvalue weighted by Gasteiger charge is -2.38. The van der Waals surface area contributed by atoms with Crippen LogP contribution >= 0.6 is 0 Å². The summed E-state index contributed by atoms with van der Waals surface area (Å²) in [7, 11) is 3.24. The quantitative estimate of drug-likeness (QED) is 0.923. The monoisotopic (exact) mass is 325 g/mol. The van der Waals surface area contributed by atoms with Crippen molar-refractivity contribution in [2.24, 2.45) is 0 Å². The van der Waals surface area contributed by atoms with Gasteiger partial charge in [-0.1, -0.05) is 0 Å². The van der Waals surface area contributed by atoms with E-state index in [0.29, 0.717) is 25.4 Å². The summed E-state index contributed by atoms with van der Waals surface area (Å²) in [6.07, 6.45) is 3.53. The van der Waals surface area contributed by atoms with Gasteiger partial charge in [-0.15, -0.1) is 0 Å². The van der Waals surface area contributed by atoms with Crippen LogP contribution in [0.2, 0.25) is 0 Å². The first-order valence-corrected chi connectivity index (χ1v) is 7.88. The zero-order chi connectivity index (χ0) is 16.7. The van der Waals surface area contributed by atoms with Crippen LogP contribution in [0.4, 0.5) is 5.69 Å². The van der Waals surface area contributed by atoms with Crippen molar-refractivity contribution < 1.29 is 14.3 Å². The molecule has 1 aromatic heterocycles. The normalized spacial score (nSPS) is 17.6. The third kappa shape index (κ3) is 1.99. The second-order valence-electron chi connectivity index (χ2n) is 6.15. The van der Waals surface area contributed by atoms with Crippen molar-refractivity contribution in [3.63, 3.8) is 0 Å². The van der Waals surface area contributed by atoms with Crippen LogP contribution in [0.3, 0.4) is 0 Å². The van der Waals surface area contributed by atoms with Gasteiger partial charge in [-0.2, -0.15) is 0 Å². The highest BCUT2D eigenvalue weighted by atomic mass is 16.5. The molecule has 2 aliphatic rings. The van der Waals surface area contributed by atoms with Gasteiger partial charge in [0, 0.05) is 30.9 Å². The Morgan fingerprint density at radius 1 is 1.25 bits per heavy atom. The molecule has 0 radical (unpaired) electrons. The van der Waals surface area contributed by atoms with E-state index in [-0.39, 0.29) is 5.91 Å². The SMILES string of the molecule is COc1ccc(CN2C(=O)C3(CNC3)c3ccncc32)c(OC)c1. The van der Waals surface area contributed by atoms with Crippen LogP contribution in [-0.2, 0) is 16.8 Å². The van der Waals surface area contributed by atoms with Gasteiger partial charge < -0.3 is 19.7 Å². The third-order valence-corrected chi connectivity index (χ3v) is 4.94. The molecule has 0 saturated carbocycles. The van der Waals surface area contributed by atoms with Crippen LogP contribution in [0.25, 0.3) is 0 Å². The lowest BCUT2D eigenvalue weighted by Crippen LogP contribution is -2.61. The molecule has 6 heteroatoms. The van der Waals surface area contributed by atoms with Crippen LogP contribution < -0.4 is 19.7 Å². The molecule has 1 amide bonds. The van der Waals surface area contributed by atoms with Crippen molar-refractivity contribution in [2.45, 2.75) is 12.0 Å². The molecule has 0 aliphatic carbocycles. The Morgan fingerprint density at radius 3 is 2.75 bits per heavy atom. The number of methoxy groups -OCH3 is 2. The number of aromatic nitrogens is 1. The molecule has 0 atom stereocenters.